The Morgan fingerprint density at radius 1 is 0.311 bits per heavy atom. The van der Waals surface area contributed by atoms with Crippen molar-refractivity contribution in [2.24, 2.45) is 34.4 Å². The van der Waals surface area contributed by atoms with Gasteiger partial charge in [-0.2, -0.15) is 5.10 Å². The number of nitrogens with one attached hydrogen (secondary N) is 3. The smallest absolute Gasteiger partial charge is 0.267 e. The number of aromatic nitrogens is 9. The number of imidazole rings is 1. The molecule has 0 spiro atoms. The van der Waals surface area contributed by atoms with Gasteiger partial charge in [-0.05, 0) is 193 Å². The van der Waals surface area contributed by atoms with Gasteiger partial charge >= 0.3 is 0 Å². The lowest BCUT2D eigenvalue weighted by atomic mass is 9.86. The van der Waals surface area contributed by atoms with Crippen molar-refractivity contribution in [3.8, 4) is 0 Å². The summed E-state index contributed by atoms with van der Waals surface area (Å²) in [5.41, 5.74) is 68.1. The third-order valence-corrected chi connectivity index (χ3v) is 21.9. The third kappa shape index (κ3) is 36.3. The van der Waals surface area contributed by atoms with Gasteiger partial charge in [0.2, 0.25) is 11.8 Å². The lowest BCUT2D eigenvalue weighted by molar-refractivity contribution is 0.0988. The van der Waals surface area contributed by atoms with Gasteiger partial charge in [0.25, 0.3) is 5.91 Å². The Labute approximate surface area is 802 Å². The quantitative estimate of drug-likeness (QED) is 0.0543. The summed E-state index contributed by atoms with van der Waals surface area (Å²) < 4.78 is 0. The minimum atomic E-state index is -0.480. The molecule has 3 amide bonds. The Morgan fingerprint density at radius 2 is 0.741 bits per heavy atom. The van der Waals surface area contributed by atoms with Crippen LogP contribution in [0.1, 0.15) is 311 Å². The number of pyridine rings is 5. The van der Waals surface area contributed by atoms with E-state index in [1.165, 1.54) is 55.9 Å². The van der Waals surface area contributed by atoms with Gasteiger partial charge in [-0.3, -0.25) is 45.1 Å². The van der Waals surface area contributed by atoms with E-state index in [1.807, 2.05) is 85.2 Å². The van der Waals surface area contributed by atoms with Crippen molar-refractivity contribution in [3.63, 3.8) is 0 Å². The van der Waals surface area contributed by atoms with Crippen LogP contribution in [0.3, 0.4) is 0 Å². The van der Waals surface area contributed by atoms with Gasteiger partial charge in [0.05, 0.1) is 22.8 Å². The van der Waals surface area contributed by atoms with Gasteiger partial charge in [0.15, 0.2) is 11.8 Å². The molecule has 0 aliphatic rings. The van der Waals surface area contributed by atoms with E-state index in [0.29, 0.717) is 46.6 Å². The fraction of sp³-hybridized carbons (Fsp3) is 0.366. The number of nitrogen functional groups attached to an aromatic ring is 5. The maximum Gasteiger partial charge on any atom is 0.267 e. The average molecular weight is 1830 g/mol. The normalized spacial score (nSPS) is 11.6. The molecule has 7 aromatic heterocycles. The fourth-order valence-corrected chi connectivity index (χ4v) is 12.7. The van der Waals surface area contributed by atoms with Gasteiger partial charge in [0, 0.05) is 82.6 Å². The summed E-state index contributed by atoms with van der Waals surface area (Å²) in [5.74, 6) is 0.434. The summed E-state index contributed by atoms with van der Waals surface area (Å²) in [5, 5.41) is 28.8. The van der Waals surface area contributed by atoms with Crippen LogP contribution in [-0.2, 0) is 60.7 Å². The van der Waals surface area contributed by atoms with E-state index in [1.54, 1.807) is 55.2 Å². The predicted octanol–water partition coefficient (Wildman–Crippen LogP) is 23.0. The standard InChI is InChI=1S/C13H16N2.C13H15N.C12H15N3.C11H15N3.C11H16N2.C11H15NO.C11H17N.C10H15N3.2C10H14N2O/c1-13(2,3)10-4-5-11-9(8-10)6-7-15-12(11)14;1-13(2,3)12-5-4-11-9-14-7-6-10(11)8-12;1-12(2,3)9-4-5-10-8(6-9)7-14-15-11(10)13;1-11(2,3)7-4-5-8-9(6-7)14-10(12)13-8;1-11(2,3)9-6-4-8(5-7-9)10(12)13;1-11(2,3)9-6-4-5-8(7-9)10(12)13;1-11(2,3)10-6-4-9(8-12)5-7-10;1-10(2,3)7-4-5-8(9(11)12)13-6-7;1-10(2,3)8-4-7(9(11)13)5-12-6-8;1-10(2,3)7-4-5-12-8(6-7)9(11)13/h4-8H,1-3H3,(H2,14,15);4-9H,1-3H3;4-7H,1-3H3,(H2,13,15);4-6H,1-3H3,(H3,12,13,14);4-7H,1-3H3,(H3,12,13);4-7H,1-3H3,(H2,12,13);4-7H,8,12H2,1-3H3;4-6H,1-3H3,(H3,11,12);2*4-6H,1-3H3,(H2,11,13). The minimum absolute atomic E-state index is 0.00153. The molecule has 14 rings (SSSR count). The number of hydrogen-bond acceptors (Lipinski definition) is 17. The maximum atomic E-state index is 10.9. The van der Waals surface area contributed by atoms with Gasteiger partial charge in [-0.15, -0.1) is 5.10 Å². The number of rotatable bonds is 6. The zero-order chi connectivity index (χ0) is 102. The van der Waals surface area contributed by atoms with Crippen LogP contribution in [0.5, 0.6) is 0 Å². The zero-order valence-corrected chi connectivity index (χ0v) is 85.7. The van der Waals surface area contributed by atoms with E-state index in [-0.39, 0.29) is 71.7 Å². The summed E-state index contributed by atoms with van der Waals surface area (Å²) in [4.78, 5) is 59.9. The molecule has 0 aliphatic carbocycles. The summed E-state index contributed by atoms with van der Waals surface area (Å²) in [6, 6.07) is 62.4. The van der Waals surface area contributed by atoms with Gasteiger partial charge in [-0.1, -0.05) is 329 Å². The Kier molecular flexibility index (Phi) is 38.8. The number of carbonyl (C=O) groups is 3. The second-order valence-electron chi connectivity index (χ2n) is 43.8. The Hall–Kier alpha value is -13.7. The molecule has 135 heavy (non-hydrogen) atoms. The van der Waals surface area contributed by atoms with Crippen molar-refractivity contribution in [2.75, 3.05) is 17.2 Å². The summed E-state index contributed by atoms with van der Waals surface area (Å²) in [6.07, 6.45) is 13.9. The van der Waals surface area contributed by atoms with E-state index in [0.717, 1.165) is 60.4 Å². The Balaban J connectivity index is 0.000000265. The fourth-order valence-electron chi connectivity index (χ4n) is 12.7. The molecule has 0 bridgehead atoms. The first kappa shape index (κ1) is 112. The van der Waals surface area contributed by atoms with Crippen LogP contribution in [0.2, 0.25) is 0 Å². The third-order valence-electron chi connectivity index (χ3n) is 21.9. The molecule has 0 atom stereocenters. The SMILES string of the molecule is CC(C)(C)c1ccc(C(=N)N)cc1.CC(C)(C)c1ccc(C(=N)N)nc1.CC(C)(C)c1ccc(CN)cc1.CC(C)(C)c1ccc2c(N)nccc2c1.CC(C)(C)c1ccc2c(N)nncc2c1.CC(C)(C)c1ccc2cnccc2c1.CC(C)(C)c1ccc2nc(N)[nH]c2c1.CC(C)(C)c1cccc(C(N)=O)c1.CC(C)(C)c1ccnc(C(N)=O)c1.CC(C)(C)c1cncc(C(N)=O)c1. The first-order valence-corrected chi connectivity index (χ1v) is 45.3. The topological polar surface area (TPSA) is 452 Å². The van der Waals surface area contributed by atoms with E-state index in [9.17, 15) is 14.4 Å². The number of fused-ring (bicyclic) bond motifs is 4. The van der Waals surface area contributed by atoms with E-state index < -0.39 is 11.8 Å². The van der Waals surface area contributed by atoms with Crippen LogP contribution in [-0.4, -0.2) is 74.5 Å². The van der Waals surface area contributed by atoms with Crippen molar-refractivity contribution < 1.29 is 14.4 Å². The molecule has 23 nitrogen and oxygen atoms in total. The lowest BCUT2D eigenvalue weighted by Crippen LogP contribution is -2.16. The molecule has 0 aliphatic heterocycles. The minimum Gasteiger partial charge on any atom is -0.384 e. The van der Waals surface area contributed by atoms with Crippen LogP contribution < -0.4 is 51.6 Å². The van der Waals surface area contributed by atoms with E-state index in [4.69, 9.17) is 62.4 Å². The van der Waals surface area contributed by atoms with Crippen molar-refractivity contribution in [1.82, 2.24) is 45.1 Å². The molecule has 718 valence electrons. The molecule has 7 heterocycles. The Bertz CT molecular complexity index is 5940. The second kappa shape index (κ2) is 46.8. The molecule has 0 saturated carbocycles. The highest BCUT2D eigenvalue weighted by molar-refractivity contribution is 5.96. The van der Waals surface area contributed by atoms with Crippen LogP contribution in [0.4, 0.5) is 17.6 Å². The molecular formula is C112H152N20O3. The average Bonchev–Trinajstić information content (AvgIpc) is 1.72. The number of benzene rings is 7. The maximum absolute atomic E-state index is 10.9. The molecule has 0 saturated heterocycles. The summed E-state index contributed by atoms with van der Waals surface area (Å²) in [7, 11) is 0. The number of nitrogens with zero attached hydrogens (tertiary/aromatic N) is 8. The zero-order valence-electron chi connectivity index (χ0n) is 85.7. The molecular weight excluding hydrogens is 1670 g/mol. The van der Waals surface area contributed by atoms with Gasteiger partial charge in [0.1, 0.15) is 28.9 Å². The number of primary amides is 3. The van der Waals surface area contributed by atoms with E-state index in [2.05, 4.69) is 344 Å². The highest BCUT2D eigenvalue weighted by Gasteiger charge is 2.23. The van der Waals surface area contributed by atoms with Gasteiger partial charge < -0.3 is 56.6 Å². The van der Waals surface area contributed by atoms with Crippen LogP contribution in [0.15, 0.2) is 238 Å². The monoisotopic (exact) mass is 1830 g/mol. The van der Waals surface area contributed by atoms with Crippen molar-refractivity contribution in [3.05, 3.63) is 327 Å². The van der Waals surface area contributed by atoms with Crippen LogP contribution in [0, 0.1) is 10.8 Å². The van der Waals surface area contributed by atoms with Crippen molar-refractivity contribution >= 4 is 90.3 Å². The largest absolute Gasteiger partial charge is 0.384 e. The number of amides is 3. The van der Waals surface area contributed by atoms with E-state index >= 15 is 0 Å². The van der Waals surface area contributed by atoms with Crippen LogP contribution in [0.25, 0.3) is 43.4 Å². The second-order valence-corrected chi connectivity index (χ2v) is 43.8. The molecule has 0 radical (unpaired) electrons. The number of nitrogens with two attached hydrogens (primary N) is 9. The first-order valence-electron chi connectivity index (χ1n) is 45.3. The highest BCUT2D eigenvalue weighted by Crippen LogP contribution is 2.33. The first-order chi connectivity index (χ1) is 62.1. The summed E-state index contributed by atoms with van der Waals surface area (Å²) in [6.45, 7) is 65.3. The molecule has 21 N–H and O–H groups in total. The number of carbonyl (C=O) groups excluding carboxylic acids is 3. The summed E-state index contributed by atoms with van der Waals surface area (Å²) >= 11 is 0. The molecule has 14 aromatic rings. The number of anilines is 3. The van der Waals surface area contributed by atoms with Crippen molar-refractivity contribution in [1.29, 1.82) is 10.8 Å². The lowest BCUT2D eigenvalue weighted by Gasteiger charge is -2.19. The Morgan fingerprint density at radius 3 is 1.21 bits per heavy atom. The molecule has 0 unspecified atom stereocenters. The number of aromatic amines is 1. The number of amidine groups is 2. The van der Waals surface area contributed by atoms with Crippen LogP contribution >= 0.6 is 0 Å². The van der Waals surface area contributed by atoms with Gasteiger partial charge in [-0.25, -0.2) is 9.97 Å². The molecule has 23 heteroatoms. The predicted molar refractivity (Wildman–Crippen MR) is 567 cm³/mol. The highest BCUT2D eigenvalue weighted by atomic mass is 16.2. The van der Waals surface area contributed by atoms with Crippen molar-refractivity contribution in [2.45, 2.75) is 268 Å². The number of H-pyrrole nitrogens is 1. The molecule has 0 fully saturated rings. The molecule has 7 aromatic carbocycles. The number of hydrogen-bond donors (Lipinski definition) is 12.